The minimum absolute atomic E-state index is 0.0130. The van der Waals surface area contributed by atoms with E-state index < -0.39 is 0 Å². The average Bonchev–Trinajstić information content (AvgIpc) is 2.91. The third-order valence-electron chi connectivity index (χ3n) is 5.28. The van der Waals surface area contributed by atoms with Gasteiger partial charge >= 0.3 is 0 Å². The van der Waals surface area contributed by atoms with Crippen molar-refractivity contribution in [2.75, 3.05) is 13.1 Å². The fourth-order valence-corrected chi connectivity index (χ4v) is 4.73. The predicted octanol–water partition coefficient (Wildman–Crippen LogP) is 2.86. The number of aryl methyl sites for hydroxylation is 1. The van der Waals surface area contributed by atoms with Gasteiger partial charge in [0.05, 0.1) is 4.88 Å². The van der Waals surface area contributed by atoms with Crippen molar-refractivity contribution in [2.45, 2.75) is 53.0 Å². The molecule has 1 aromatic heterocycles. The molecule has 1 N–H and O–H groups in total. The van der Waals surface area contributed by atoms with Gasteiger partial charge in [0.15, 0.2) is 0 Å². The van der Waals surface area contributed by atoms with Gasteiger partial charge in [-0.1, -0.05) is 20.8 Å². The van der Waals surface area contributed by atoms with E-state index in [1.54, 1.807) is 23.2 Å². The molecule has 5 heteroatoms. The van der Waals surface area contributed by atoms with E-state index in [-0.39, 0.29) is 17.9 Å². The van der Waals surface area contributed by atoms with Crippen molar-refractivity contribution in [1.82, 2.24) is 10.2 Å². The monoisotopic (exact) mass is 334 g/mol. The van der Waals surface area contributed by atoms with E-state index in [4.69, 9.17) is 0 Å². The van der Waals surface area contributed by atoms with Crippen LogP contribution in [-0.2, 0) is 17.6 Å². The third kappa shape index (κ3) is 3.16. The summed E-state index contributed by atoms with van der Waals surface area (Å²) < 4.78 is 0. The third-order valence-corrected chi connectivity index (χ3v) is 6.50. The quantitative estimate of drug-likeness (QED) is 0.858. The molecule has 4 nitrogen and oxygen atoms in total. The van der Waals surface area contributed by atoms with Crippen molar-refractivity contribution in [1.29, 1.82) is 0 Å². The number of fused-ring (bicyclic) bond motifs is 1. The summed E-state index contributed by atoms with van der Waals surface area (Å²) >= 11 is 1.63. The van der Waals surface area contributed by atoms with Crippen LogP contribution in [0.5, 0.6) is 0 Å². The van der Waals surface area contributed by atoms with Gasteiger partial charge in [-0.15, -0.1) is 11.3 Å². The number of hydrogen-bond acceptors (Lipinski definition) is 3. The SMILES string of the molecule is CC1C(=O)NCCN1C(=O)c1cc2c(s1)CCC(C(C)(C)C)C2. The van der Waals surface area contributed by atoms with Gasteiger partial charge in [-0.05, 0) is 49.1 Å². The standard InChI is InChI=1S/C18H26N2O2S/c1-11-16(21)19-7-8-20(11)17(22)15-10-12-9-13(18(2,3)4)5-6-14(12)23-15/h10-11,13H,5-9H2,1-4H3,(H,19,21). The van der Waals surface area contributed by atoms with Gasteiger partial charge in [0.2, 0.25) is 5.91 Å². The highest BCUT2D eigenvalue weighted by atomic mass is 32.1. The molecule has 0 saturated carbocycles. The Morgan fingerprint density at radius 2 is 2.13 bits per heavy atom. The first-order chi connectivity index (χ1) is 10.8. The molecule has 2 heterocycles. The fraction of sp³-hybridized carbons (Fsp3) is 0.667. The van der Waals surface area contributed by atoms with Crippen molar-refractivity contribution < 1.29 is 9.59 Å². The number of hydrogen-bond donors (Lipinski definition) is 1. The van der Waals surface area contributed by atoms with Crippen LogP contribution in [0.15, 0.2) is 6.07 Å². The van der Waals surface area contributed by atoms with Gasteiger partial charge in [0.1, 0.15) is 6.04 Å². The predicted molar refractivity (Wildman–Crippen MR) is 92.8 cm³/mol. The van der Waals surface area contributed by atoms with Crippen molar-refractivity contribution in [2.24, 2.45) is 11.3 Å². The van der Waals surface area contributed by atoms with Gasteiger partial charge < -0.3 is 10.2 Å². The van der Waals surface area contributed by atoms with Crippen LogP contribution >= 0.6 is 11.3 Å². The van der Waals surface area contributed by atoms with Gasteiger partial charge in [-0.2, -0.15) is 0 Å². The van der Waals surface area contributed by atoms with Crippen LogP contribution in [0.4, 0.5) is 0 Å². The smallest absolute Gasteiger partial charge is 0.264 e. The number of piperazine rings is 1. The average molecular weight is 334 g/mol. The molecule has 23 heavy (non-hydrogen) atoms. The van der Waals surface area contributed by atoms with Crippen molar-refractivity contribution in [3.63, 3.8) is 0 Å². The molecule has 0 radical (unpaired) electrons. The minimum Gasteiger partial charge on any atom is -0.353 e. The van der Waals surface area contributed by atoms with Crippen LogP contribution in [0.2, 0.25) is 0 Å². The molecule has 2 aliphatic rings. The Hall–Kier alpha value is -1.36. The number of carbonyl (C=O) groups is 2. The lowest BCUT2D eigenvalue weighted by Crippen LogP contribution is -2.55. The minimum atomic E-state index is -0.377. The second-order valence-electron chi connectivity index (χ2n) is 7.83. The summed E-state index contributed by atoms with van der Waals surface area (Å²) in [7, 11) is 0. The Balaban J connectivity index is 1.79. The summed E-state index contributed by atoms with van der Waals surface area (Å²) in [5.41, 5.74) is 1.65. The number of thiophene rings is 1. The molecule has 0 bridgehead atoms. The summed E-state index contributed by atoms with van der Waals surface area (Å²) in [5.74, 6) is 0.630. The van der Waals surface area contributed by atoms with Crippen molar-refractivity contribution >= 4 is 23.2 Å². The number of carbonyl (C=O) groups excluding carboxylic acids is 2. The molecule has 2 unspecified atom stereocenters. The normalized spacial score (nSPS) is 25.0. The van der Waals surface area contributed by atoms with Crippen LogP contribution < -0.4 is 5.32 Å². The van der Waals surface area contributed by atoms with E-state index in [0.717, 1.165) is 17.7 Å². The van der Waals surface area contributed by atoms with Crippen LogP contribution in [0.1, 0.15) is 54.2 Å². The summed E-state index contributed by atoms with van der Waals surface area (Å²) in [5, 5.41) is 2.81. The molecule has 0 spiro atoms. The summed E-state index contributed by atoms with van der Waals surface area (Å²) in [6, 6.07) is 1.71. The lowest BCUT2D eigenvalue weighted by atomic mass is 9.72. The zero-order valence-corrected chi connectivity index (χ0v) is 15.3. The zero-order chi connectivity index (χ0) is 16.8. The second kappa shape index (κ2) is 5.93. The van der Waals surface area contributed by atoms with E-state index in [1.807, 2.05) is 0 Å². The molecule has 1 aliphatic heterocycles. The van der Waals surface area contributed by atoms with Crippen LogP contribution in [0.3, 0.4) is 0 Å². The molecule has 126 valence electrons. The molecule has 0 aromatic carbocycles. The van der Waals surface area contributed by atoms with E-state index >= 15 is 0 Å². The molecule has 1 fully saturated rings. The maximum absolute atomic E-state index is 12.8. The second-order valence-corrected chi connectivity index (χ2v) is 8.97. The van der Waals surface area contributed by atoms with Crippen LogP contribution in [-0.4, -0.2) is 35.8 Å². The highest BCUT2D eigenvalue weighted by Crippen LogP contribution is 2.40. The highest BCUT2D eigenvalue weighted by Gasteiger charge is 2.33. The first-order valence-corrected chi connectivity index (χ1v) is 9.29. The van der Waals surface area contributed by atoms with Crippen molar-refractivity contribution in [3.05, 3.63) is 21.4 Å². The van der Waals surface area contributed by atoms with E-state index in [1.165, 1.54) is 16.9 Å². The molecule has 2 amide bonds. The summed E-state index contributed by atoms with van der Waals surface area (Å²) in [6.45, 7) is 9.85. The fourth-order valence-electron chi connectivity index (χ4n) is 3.57. The topological polar surface area (TPSA) is 49.4 Å². The molecule has 3 rings (SSSR count). The van der Waals surface area contributed by atoms with E-state index in [0.29, 0.717) is 24.4 Å². The Bertz CT molecular complexity index is 629. The maximum Gasteiger partial charge on any atom is 0.264 e. The van der Waals surface area contributed by atoms with Crippen LogP contribution in [0, 0.1) is 11.3 Å². The zero-order valence-electron chi connectivity index (χ0n) is 14.4. The largest absolute Gasteiger partial charge is 0.353 e. The van der Waals surface area contributed by atoms with E-state index in [9.17, 15) is 9.59 Å². The number of nitrogens with one attached hydrogen (secondary N) is 1. The summed E-state index contributed by atoms with van der Waals surface area (Å²) in [6.07, 6.45) is 3.34. The highest BCUT2D eigenvalue weighted by molar-refractivity contribution is 7.14. The number of amides is 2. The van der Waals surface area contributed by atoms with Gasteiger partial charge in [-0.25, -0.2) is 0 Å². The molecule has 1 aliphatic carbocycles. The van der Waals surface area contributed by atoms with E-state index in [2.05, 4.69) is 32.2 Å². The molecule has 1 saturated heterocycles. The Morgan fingerprint density at radius 1 is 1.39 bits per heavy atom. The number of nitrogens with zero attached hydrogens (tertiary/aromatic N) is 1. The summed E-state index contributed by atoms with van der Waals surface area (Å²) in [4.78, 5) is 28.5. The van der Waals surface area contributed by atoms with Gasteiger partial charge in [0.25, 0.3) is 5.91 Å². The Morgan fingerprint density at radius 3 is 2.83 bits per heavy atom. The lowest BCUT2D eigenvalue weighted by Gasteiger charge is -2.33. The maximum atomic E-state index is 12.8. The van der Waals surface area contributed by atoms with Crippen molar-refractivity contribution in [3.8, 4) is 0 Å². The molecule has 1 aromatic rings. The molecular formula is C18H26N2O2S. The Kier molecular flexibility index (Phi) is 4.25. The first kappa shape index (κ1) is 16.5. The van der Waals surface area contributed by atoms with Crippen LogP contribution in [0.25, 0.3) is 0 Å². The first-order valence-electron chi connectivity index (χ1n) is 8.47. The van der Waals surface area contributed by atoms with Gasteiger partial charge in [0, 0.05) is 18.0 Å². The molecular weight excluding hydrogens is 308 g/mol. The molecule has 2 atom stereocenters. The number of rotatable bonds is 1. The lowest BCUT2D eigenvalue weighted by molar-refractivity contribution is -0.127. The Labute approximate surface area is 142 Å². The van der Waals surface area contributed by atoms with Gasteiger partial charge in [-0.3, -0.25) is 9.59 Å².